The number of carbonyl (C=O) groups excluding carboxylic acids is 1. The first kappa shape index (κ1) is 15.0. The quantitative estimate of drug-likeness (QED) is 0.867. The van der Waals surface area contributed by atoms with Gasteiger partial charge >= 0.3 is 0 Å². The van der Waals surface area contributed by atoms with Crippen molar-refractivity contribution in [3.8, 4) is 0 Å². The Kier molecular flexibility index (Phi) is 5.18. The van der Waals surface area contributed by atoms with Crippen LogP contribution in [0.15, 0.2) is 24.3 Å². The molecule has 1 fully saturated rings. The molecule has 0 spiro atoms. The SMILES string of the molecule is Cc1ccccc1CCNC(=O)C1(CN)CCCCC1. The zero-order chi connectivity index (χ0) is 14.4. The zero-order valence-electron chi connectivity index (χ0n) is 12.5. The molecule has 0 atom stereocenters. The number of nitrogens with one attached hydrogen (secondary N) is 1. The van der Waals surface area contributed by atoms with Crippen molar-refractivity contribution < 1.29 is 4.79 Å². The summed E-state index contributed by atoms with van der Waals surface area (Å²) in [7, 11) is 0. The predicted molar refractivity (Wildman–Crippen MR) is 82.5 cm³/mol. The Morgan fingerprint density at radius 3 is 2.60 bits per heavy atom. The fourth-order valence-corrected chi connectivity index (χ4v) is 3.14. The number of aryl methyl sites for hydroxylation is 1. The Hall–Kier alpha value is -1.35. The summed E-state index contributed by atoms with van der Waals surface area (Å²) in [6.45, 7) is 3.29. The lowest BCUT2D eigenvalue weighted by molar-refractivity contribution is -0.132. The van der Waals surface area contributed by atoms with Gasteiger partial charge in [-0.1, -0.05) is 43.5 Å². The molecule has 3 N–H and O–H groups in total. The number of nitrogens with two attached hydrogens (primary N) is 1. The van der Waals surface area contributed by atoms with Crippen LogP contribution in [0.2, 0.25) is 0 Å². The van der Waals surface area contributed by atoms with Gasteiger partial charge in [-0.3, -0.25) is 4.79 Å². The van der Waals surface area contributed by atoms with Crippen LogP contribution in [-0.4, -0.2) is 19.0 Å². The lowest BCUT2D eigenvalue weighted by Crippen LogP contribution is -2.47. The Labute approximate surface area is 121 Å². The number of amides is 1. The molecule has 3 heteroatoms. The molecule has 0 radical (unpaired) electrons. The molecule has 1 aromatic rings. The number of carbonyl (C=O) groups is 1. The van der Waals surface area contributed by atoms with Gasteiger partial charge in [0.25, 0.3) is 0 Å². The van der Waals surface area contributed by atoms with Gasteiger partial charge in [-0.15, -0.1) is 0 Å². The van der Waals surface area contributed by atoms with Crippen LogP contribution in [0.1, 0.15) is 43.2 Å². The van der Waals surface area contributed by atoms with Gasteiger partial charge in [0.15, 0.2) is 0 Å². The van der Waals surface area contributed by atoms with Crippen molar-refractivity contribution in [3.05, 3.63) is 35.4 Å². The highest BCUT2D eigenvalue weighted by atomic mass is 16.2. The highest BCUT2D eigenvalue weighted by Gasteiger charge is 2.37. The van der Waals surface area contributed by atoms with E-state index in [4.69, 9.17) is 5.73 Å². The van der Waals surface area contributed by atoms with E-state index in [1.165, 1.54) is 17.5 Å². The summed E-state index contributed by atoms with van der Waals surface area (Å²) in [4.78, 5) is 12.4. The largest absolute Gasteiger partial charge is 0.355 e. The molecule has 1 saturated carbocycles. The first-order chi connectivity index (χ1) is 9.68. The summed E-state index contributed by atoms with van der Waals surface area (Å²) in [5.74, 6) is 0.160. The van der Waals surface area contributed by atoms with E-state index in [9.17, 15) is 4.79 Å². The average Bonchev–Trinajstić information content (AvgIpc) is 2.49. The van der Waals surface area contributed by atoms with Crippen LogP contribution in [-0.2, 0) is 11.2 Å². The van der Waals surface area contributed by atoms with Crippen molar-refractivity contribution in [2.24, 2.45) is 11.1 Å². The molecule has 0 heterocycles. The van der Waals surface area contributed by atoms with Crippen molar-refractivity contribution in [2.75, 3.05) is 13.1 Å². The summed E-state index contributed by atoms with van der Waals surface area (Å²) < 4.78 is 0. The van der Waals surface area contributed by atoms with E-state index < -0.39 is 0 Å². The molecule has 3 nitrogen and oxygen atoms in total. The van der Waals surface area contributed by atoms with Gasteiger partial charge in [0.05, 0.1) is 5.41 Å². The number of rotatable bonds is 5. The average molecular weight is 274 g/mol. The molecule has 1 aliphatic carbocycles. The smallest absolute Gasteiger partial charge is 0.227 e. The first-order valence-corrected chi connectivity index (χ1v) is 7.71. The number of hydrogen-bond donors (Lipinski definition) is 2. The molecule has 2 rings (SSSR count). The number of benzene rings is 1. The van der Waals surface area contributed by atoms with Gasteiger partial charge in [0, 0.05) is 13.1 Å². The third-order valence-corrected chi connectivity index (χ3v) is 4.62. The zero-order valence-corrected chi connectivity index (χ0v) is 12.5. The van der Waals surface area contributed by atoms with Crippen LogP contribution in [0.5, 0.6) is 0 Å². The second kappa shape index (κ2) is 6.89. The van der Waals surface area contributed by atoms with Crippen molar-refractivity contribution in [1.29, 1.82) is 0 Å². The van der Waals surface area contributed by atoms with Crippen LogP contribution >= 0.6 is 0 Å². The molecule has 0 unspecified atom stereocenters. The van der Waals surface area contributed by atoms with E-state index in [0.29, 0.717) is 13.1 Å². The van der Waals surface area contributed by atoms with Crippen LogP contribution in [0.4, 0.5) is 0 Å². The van der Waals surface area contributed by atoms with Crippen LogP contribution < -0.4 is 11.1 Å². The highest BCUT2D eigenvalue weighted by molar-refractivity contribution is 5.83. The molecule has 0 saturated heterocycles. The Morgan fingerprint density at radius 1 is 1.25 bits per heavy atom. The minimum Gasteiger partial charge on any atom is -0.355 e. The minimum atomic E-state index is -0.302. The van der Waals surface area contributed by atoms with Gasteiger partial charge in [-0.2, -0.15) is 0 Å². The Morgan fingerprint density at radius 2 is 1.95 bits per heavy atom. The van der Waals surface area contributed by atoms with E-state index in [0.717, 1.165) is 32.1 Å². The molecule has 0 aliphatic heterocycles. The normalized spacial score (nSPS) is 17.7. The van der Waals surface area contributed by atoms with Crippen molar-refractivity contribution in [1.82, 2.24) is 5.32 Å². The summed E-state index contributed by atoms with van der Waals surface area (Å²) in [6, 6.07) is 8.33. The van der Waals surface area contributed by atoms with Crippen molar-refractivity contribution >= 4 is 5.91 Å². The molecular weight excluding hydrogens is 248 g/mol. The van der Waals surface area contributed by atoms with Gasteiger partial charge in [-0.05, 0) is 37.3 Å². The van der Waals surface area contributed by atoms with Crippen LogP contribution in [0.25, 0.3) is 0 Å². The topological polar surface area (TPSA) is 55.1 Å². The summed E-state index contributed by atoms with van der Waals surface area (Å²) >= 11 is 0. The molecule has 1 aliphatic rings. The van der Waals surface area contributed by atoms with E-state index in [1.807, 2.05) is 12.1 Å². The Bertz CT molecular complexity index is 450. The standard InChI is InChI=1S/C17H26N2O/c1-14-7-3-4-8-15(14)9-12-19-16(20)17(13-18)10-5-2-6-11-17/h3-4,7-8H,2,5-6,9-13,18H2,1H3,(H,19,20). The van der Waals surface area contributed by atoms with Gasteiger partial charge in [-0.25, -0.2) is 0 Å². The van der Waals surface area contributed by atoms with Crippen molar-refractivity contribution in [2.45, 2.75) is 45.4 Å². The molecule has 20 heavy (non-hydrogen) atoms. The lowest BCUT2D eigenvalue weighted by atomic mass is 9.73. The minimum absolute atomic E-state index is 0.160. The maximum absolute atomic E-state index is 12.4. The molecule has 1 aromatic carbocycles. The second-order valence-electron chi connectivity index (χ2n) is 5.98. The van der Waals surface area contributed by atoms with Crippen molar-refractivity contribution in [3.63, 3.8) is 0 Å². The third kappa shape index (κ3) is 3.40. The first-order valence-electron chi connectivity index (χ1n) is 7.71. The maximum atomic E-state index is 12.4. The highest BCUT2D eigenvalue weighted by Crippen LogP contribution is 2.35. The monoisotopic (exact) mass is 274 g/mol. The van der Waals surface area contributed by atoms with E-state index >= 15 is 0 Å². The summed E-state index contributed by atoms with van der Waals surface area (Å²) in [5, 5.41) is 3.10. The predicted octanol–water partition coefficient (Wildman–Crippen LogP) is 2.56. The van der Waals surface area contributed by atoms with Crippen LogP contribution in [0, 0.1) is 12.3 Å². The maximum Gasteiger partial charge on any atom is 0.227 e. The van der Waals surface area contributed by atoms with E-state index in [1.54, 1.807) is 0 Å². The third-order valence-electron chi connectivity index (χ3n) is 4.62. The Balaban J connectivity index is 1.87. The molecule has 0 bridgehead atoms. The van der Waals surface area contributed by atoms with E-state index in [-0.39, 0.29) is 11.3 Å². The molecule has 1 amide bonds. The molecular formula is C17H26N2O. The lowest BCUT2D eigenvalue weighted by Gasteiger charge is -2.34. The number of hydrogen-bond acceptors (Lipinski definition) is 2. The fraction of sp³-hybridized carbons (Fsp3) is 0.588. The summed E-state index contributed by atoms with van der Waals surface area (Å²) in [6.07, 6.45) is 6.27. The van der Waals surface area contributed by atoms with Gasteiger partial charge < -0.3 is 11.1 Å². The molecule has 0 aromatic heterocycles. The van der Waals surface area contributed by atoms with Gasteiger partial charge in [0.1, 0.15) is 0 Å². The van der Waals surface area contributed by atoms with Crippen LogP contribution in [0.3, 0.4) is 0 Å². The summed E-state index contributed by atoms with van der Waals surface area (Å²) in [5.41, 5.74) is 8.17. The fourth-order valence-electron chi connectivity index (χ4n) is 3.14. The van der Waals surface area contributed by atoms with E-state index in [2.05, 4.69) is 24.4 Å². The molecule has 110 valence electrons. The van der Waals surface area contributed by atoms with Gasteiger partial charge in [0.2, 0.25) is 5.91 Å². The second-order valence-corrected chi connectivity index (χ2v) is 5.98.